The number of nitrogens with zero attached hydrogens (tertiary/aromatic N) is 1. The fourth-order valence-corrected chi connectivity index (χ4v) is 1.50. The molecule has 0 amide bonds. The zero-order valence-corrected chi connectivity index (χ0v) is 8.21. The van der Waals surface area contributed by atoms with Crippen molar-refractivity contribution in [3.63, 3.8) is 0 Å². The summed E-state index contributed by atoms with van der Waals surface area (Å²) in [4.78, 5) is 10.6. The van der Waals surface area contributed by atoms with Gasteiger partial charge in [0.25, 0.3) is 0 Å². The molecular weight excluding hydrogens is 186 g/mol. The zero-order chi connectivity index (χ0) is 10.5. The average Bonchev–Trinajstić information content (AvgIpc) is 2.80. The first-order valence-electron chi connectivity index (χ1n) is 4.76. The molecule has 0 aliphatic heterocycles. The Hall–Kier alpha value is -2.09. The molecule has 2 rings (SSSR count). The van der Waals surface area contributed by atoms with Crippen LogP contribution in [-0.2, 0) is 4.79 Å². The van der Waals surface area contributed by atoms with Gasteiger partial charge in [0.15, 0.2) is 0 Å². The summed E-state index contributed by atoms with van der Waals surface area (Å²) >= 11 is 0. The third-order valence-electron chi connectivity index (χ3n) is 2.18. The van der Waals surface area contributed by atoms with Crippen molar-refractivity contribution in [2.24, 2.45) is 0 Å². The highest BCUT2D eigenvalue weighted by Gasteiger charge is 2.01. The van der Waals surface area contributed by atoms with E-state index in [1.54, 1.807) is 6.08 Å². The molecule has 0 aliphatic rings. The number of rotatable bonds is 3. The minimum atomic E-state index is 0.808. The van der Waals surface area contributed by atoms with Crippen molar-refractivity contribution in [2.45, 2.75) is 0 Å². The van der Waals surface area contributed by atoms with Crippen molar-refractivity contribution in [1.82, 2.24) is 4.57 Å². The first kappa shape index (κ1) is 9.46. The molecule has 0 atom stereocenters. The molecule has 0 radical (unpaired) electrons. The molecule has 1 aromatic carbocycles. The van der Waals surface area contributed by atoms with Crippen molar-refractivity contribution in [2.75, 3.05) is 0 Å². The Labute approximate surface area is 88.5 Å². The fraction of sp³-hybridized carbons (Fsp3) is 0. The molecule has 0 saturated heterocycles. The minimum Gasteiger partial charge on any atom is -0.323 e. The monoisotopic (exact) mass is 197 g/mol. The molecular formula is C13H11NO. The van der Waals surface area contributed by atoms with Crippen LogP contribution < -0.4 is 0 Å². The summed E-state index contributed by atoms with van der Waals surface area (Å²) in [6.07, 6.45) is 6.21. The highest BCUT2D eigenvalue weighted by atomic mass is 16.1. The van der Waals surface area contributed by atoms with Crippen LogP contribution >= 0.6 is 0 Å². The number of aromatic nitrogens is 1. The molecule has 2 nitrogen and oxygen atoms in total. The second-order valence-electron chi connectivity index (χ2n) is 3.14. The third-order valence-corrected chi connectivity index (χ3v) is 2.18. The van der Waals surface area contributed by atoms with Crippen molar-refractivity contribution >= 4 is 12.0 Å². The van der Waals surface area contributed by atoms with Gasteiger partial charge < -0.3 is 4.57 Å². The van der Waals surface area contributed by atoms with Gasteiger partial charge in [-0.2, -0.15) is 0 Å². The number of benzene rings is 1. The van der Waals surface area contributed by atoms with E-state index < -0.39 is 0 Å². The summed E-state index contributed by atoms with van der Waals surface area (Å²) in [6.45, 7) is 0. The van der Waals surface area contributed by atoms with Gasteiger partial charge in [-0.05, 0) is 17.7 Å². The Balaban J connectivity index is 2.47. The lowest BCUT2D eigenvalue weighted by atomic mass is 10.1. The van der Waals surface area contributed by atoms with Crippen molar-refractivity contribution in [1.29, 1.82) is 0 Å². The molecule has 0 saturated carbocycles. The van der Waals surface area contributed by atoms with Gasteiger partial charge in [0.2, 0.25) is 0 Å². The summed E-state index contributed by atoms with van der Waals surface area (Å²) in [6, 6.07) is 13.7. The van der Waals surface area contributed by atoms with E-state index in [1.807, 2.05) is 59.4 Å². The molecule has 0 bridgehead atoms. The van der Waals surface area contributed by atoms with E-state index in [4.69, 9.17) is 0 Å². The van der Waals surface area contributed by atoms with Gasteiger partial charge >= 0.3 is 0 Å². The van der Waals surface area contributed by atoms with Crippen LogP contribution in [0.1, 0.15) is 5.56 Å². The predicted octanol–water partition coefficient (Wildman–Crippen LogP) is 2.58. The molecule has 1 heterocycles. The predicted molar refractivity (Wildman–Crippen MR) is 60.3 cm³/mol. The molecule has 15 heavy (non-hydrogen) atoms. The lowest BCUT2D eigenvalue weighted by Gasteiger charge is -2.07. The second-order valence-corrected chi connectivity index (χ2v) is 3.14. The van der Waals surface area contributed by atoms with E-state index in [0.29, 0.717) is 0 Å². The van der Waals surface area contributed by atoms with E-state index >= 15 is 0 Å². The lowest BCUT2D eigenvalue weighted by Crippen LogP contribution is -1.95. The van der Waals surface area contributed by atoms with E-state index in [0.717, 1.165) is 17.5 Å². The summed E-state index contributed by atoms with van der Waals surface area (Å²) in [5, 5.41) is 0. The quantitative estimate of drug-likeness (QED) is 0.547. The number of hydrogen-bond acceptors (Lipinski definition) is 1. The van der Waals surface area contributed by atoms with Crippen LogP contribution in [0.2, 0.25) is 0 Å². The van der Waals surface area contributed by atoms with Crippen LogP contribution in [0, 0.1) is 0 Å². The van der Waals surface area contributed by atoms with Crippen molar-refractivity contribution in [3.05, 3.63) is 66.5 Å². The molecule has 0 spiro atoms. The Morgan fingerprint density at radius 2 is 1.67 bits per heavy atom. The summed E-state index contributed by atoms with van der Waals surface area (Å²) in [5.74, 6) is 0. The Bertz CT molecular complexity index is 455. The van der Waals surface area contributed by atoms with Gasteiger partial charge in [-0.1, -0.05) is 30.3 Å². The van der Waals surface area contributed by atoms with Gasteiger partial charge in [0, 0.05) is 18.5 Å². The molecule has 74 valence electrons. The standard InChI is InChI=1S/C13H11NO/c15-11-8-13(14-9-4-5-10-14)12-6-2-1-3-7-12/h1-11H/b13-8-. The smallest absolute Gasteiger partial charge is 0.144 e. The summed E-state index contributed by atoms with van der Waals surface area (Å²) in [7, 11) is 0. The molecule has 0 fully saturated rings. The Morgan fingerprint density at radius 1 is 1.00 bits per heavy atom. The van der Waals surface area contributed by atoms with E-state index in [9.17, 15) is 4.79 Å². The molecule has 0 aliphatic carbocycles. The second kappa shape index (κ2) is 4.42. The van der Waals surface area contributed by atoms with Gasteiger partial charge in [-0.15, -0.1) is 0 Å². The number of carbonyl (C=O) groups excluding carboxylic acids is 1. The normalized spacial score (nSPS) is 11.3. The van der Waals surface area contributed by atoms with Gasteiger partial charge in [-0.25, -0.2) is 0 Å². The number of hydrogen-bond donors (Lipinski definition) is 0. The molecule has 0 N–H and O–H groups in total. The molecule has 1 aromatic heterocycles. The van der Waals surface area contributed by atoms with E-state index in [1.165, 1.54) is 0 Å². The van der Waals surface area contributed by atoms with E-state index in [-0.39, 0.29) is 0 Å². The fourth-order valence-electron chi connectivity index (χ4n) is 1.50. The lowest BCUT2D eigenvalue weighted by molar-refractivity contribution is -0.104. The number of allylic oxidation sites excluding steroid dienone is 1. The SMILES string of the molecule is O=C/C=C(/c1ccccc1)n1cccc1. The Morgan fingerprint density at radius 3 is 2.27 bits per heavy atom. The molecule has 2 heteroatoms. The minimum absolute atomic E-state index is 0.808. The maximum absolute atomic E-state index is 10.6. The average molecular weight is 197 g/mol. The third kappa shape index (κ3) is 2.05. The maximum atomic E-state index is 10.6. The van der Waals surface area contributed by atoms with Gasteiger partial charge in [0.1, 0.15) is 6.29 Å². The summed E-state index contributed by atoms with van der Waals surface area (Å²) in [5.41, 5.74) is 1.91. The zero-order valence-electron chi connectivity index (χ0n) is 8.21. The van der Waals surface area contributed by atoms with Crippen LogP contribution in [0.25, 0.3) is 5.70 Å². The summed E-state index contributed by atoms with van der Waals surface area (Å²) < 4.78 is 1.92. The largest absolute Gasteiger partial charge is 0.323 e. The van der Waals surface area contributed by atoms with Gasteiger partial charge in [0.05, 0.1) is 5.70 Å². The Kier molecular flexibility index (Phi) is 2.79. The molecule has 0 unspecified atom stereocenters. The highest BCUT2D eigenvalue weighted by molar-refractivity contribution is 5.81. The van der Waals surface area contributed by atoms with E-state index in [2.05, 4.69) is 0 Å². The number of aldehydes is 1. The van der Waals surface area contributed by atoms with Crippen molar-refractivity contribution < 1.29 is 4.79 Å². The van der Waals surface area contributed by atoms with Crippen LogP contribution in [0.4, 0.5) is 0 Å². The molecule has 2 aromatic rings. The van der Waals surface area contributed by atoms with Crippen LogP contribution in [0.5, 0.6) is 0 Å². The first-order chi connectivity index (χ1) is 7.42. The maximum Gasteiger partial charge on any atom is 0.144 e. The van der Waals surface area contributed by atoms with Crippen LogP contribution in [0.3, 0.4) is 0 Å². The topological polar surface area (TPSA) is 22.0 Å². The number of carbonyl (C=O) groups is 1. The highest BCUT2D eigenvalue weighted by Crippen LogP contribution is 2.15. The van der Waals surface area contributed by atoms with Crippen LogP contribution in [-0.4, -0.2) is 10.9 Å². The van der Waals surface area contributed by atoms with Crippen molar-refractivity contribution in [3.8, 4) is 0 Å². The van der Waals surface area contributed by atoms with Crippen LogP contribution in [0.15, 0.2) is 60.9 Å². The first-order valence-corrected chi connectivity index (χ1v) is 4.76. The van der Waals surface area contributed by atoms with Gasteiger partial charge in [-0.3, -0.25) is 4.79 Å².